The zero-order valence-corrected chi connectivity index (χ0v) is 8.62. The lowest BCUT2D eigenvalue weighted by atomic mass is 9.81. The molecule has 0 radical (unpaired) electrons. The summed E-state index contributed by atoms with van der Waals surface area (Å²) >= 11 is -0.293. The smallest absolute Gasteiger partial charge is 0.0216 e. The van der Waals surface area contributed by atoms with E-state index in [1.807, 2.05) is 0 Å². The lowest BCUT2D eigenvalue weighted by Gasteiger charge is -2.45. The van der Waals surface area contributed by atoms with Crippen LogP contribution in [0.4, 0.5) is 0 Å². The number of thiol groups is 1. The summed E-state index contributed by atoms with van der Waals surface area (Å²) in [4.78, 5) is 0. The monoisotopic (exact) mass is 176 g/mol. The third kappa shape index (κ3) is 2.65. The first-order valence-electron chi connectivity index (χ1n) is 4.09. The molecule has 1 saturated heterocycles. The van der Waals surface area contributed by atoms with Crippen molar-refractivity contribution < 1.29 is 0 Å². The highest BCUT2D eigenvalue weighted by molar-refractivity contribution is 8.15. The van der Waals surface area contributed by atoms with Crippen LogP contribution in [-0.2, 0) is 0 Å². The van der Waals surface area contributed by atoms with Gasteiger partial charge in [0.1, 0.15) is 0 Å². The molecule has 0 spiro atoms. The van der Waals surface area contributed by atoms with Crippen LogP contribution >= 0.6 is 11.1 Å². The molecule has 0 aliphatic carbocycles. The van der Waals surface area contributed by atoms with Crippen LogP contribution < -0.4 is 10.9 Å². The van der Waals surface area contributed by atoms with E-state index in [9.17, 15) is 0 Å². The van der Waals surface area contributed by atoms with Crippen LogP contribution in [0.15, 0.2) is 0 Å². The molecule has 0 aromatic carbocycles. The Balaban J connectivity index is 2.66. The van der Waals surface area contributed by atoms with Gasteiger partial charge < -0.3 is 5.73 Å². The molecule has 1 fully saturated rings. The Labute approximate surface area is 72.2 Å². The minimum absolute atomic E-state index is 0.0117. The second-order valence-electron chi connectivity index (χ2n) is 4.90. The summed E-state index contributed by atoms with van der Waals surface area (Å²) in [6, 6.07) is 0. The van der Waals surface area contributed by atoms with Crippen molar-refractivity contribution in [2.45, 2.75) is 32.7 Å². The third-order valence-corrected chi connectivity index (χ3v) is 4.47. The van der Waals surface area contributed by atoms with E-state index in [0.717, 1.165) is 12.2 Å². The van der Waals surface area contributed by atoms with Crippen LogP contribution in [-0.4, -0.2) is 17.0 Å². The predicted octanol–water partition coefficient (Wildman–Crippen LogP) is 1.01. The van der Waals surface area contributed by atoms with Gasteiger partial charge in [0, 0.05) is 11.3 Å². The van der Waals surface area contributed by atoms with E-state index in [1.165, 1.54) is 5.75 Å². The largest absolute Gasteiger partial charge is 0.325 e. The van der Waals surface area contributed by atoms with Crippen LogP contribution in [0.2, 0.25) is 0 Å². The summed E-state index contributed by atoms with van der Waals surface area (Å²) in [5.41, 5.74) is 6.43. The van der Waals surface area contributed by atoms with Gasteiger partial charge in [-0.15, -0.1) is 0 Å². The SMILES string of the molecule is CC1(C)C[SH](N)CC(C)(N)C1. The van der Waals surface area contributed by atoms with Gasteiger partial charge in [0.15, 0.2) is 0 Å². The average molecular weight is 176 g/mol. The van der Waals surface area contributed by atoms with Crippen LogP contribution in [0.25, 0.3) is 0 Å². The molecule has 4 N–H and O–H groups in total. The molecule has 1 heterocycles. The second-order valence-corrected chi connectivity index (χ2v) is 6.71. The highest BCUT2D eigenvalue weighted by Crippen LogP contribution is 2.42. The molecule has 2 unspecified atom stereocenters. The first-order valence-corrected chi connectivity index (χ1v) is 5.87. The van der Waals surface area contributed by atoms with E-state index in [-0.39, 0.29) is 16.6 Å². The first kappa shape index (κ1) is 9.36. The number of hydrogen-bond donors (Lipinski definition) is 3. The van der Waals surface area contributed by atoms with Gasteiger partial charge in [-0.2, -0.15) is 0 Å². The number of hydrogen-bond acceptors (Lipinski definition) is 2. The van der Waals surface area contributed by atoms with Crippen molar-refractivity contribution in [2.24, 2.45) is 16.3 Å². The van der Waals surface area contributed by atoms with Gasteiger partial charge in [0.25, 0.3) is 0 Å². The van der Waals surface area contributed by atoms with Gasteiger partial charge in [0.05, 0.1) is 0 Å². The van der Waals surface area contributed by atoms with Crippen LogP contribution in [0, 0.1) is 5.41 Å². The molecule has 1 aliphatic heterocycles. The fourth-order valence-corrected chi connectivity index (χ4v) is 4.64. The van der Waals surface area contributed by atoms with E-state index in [0.29, 0.717) is 5.41 Å². The van der Waals surface area contributed by atoms with E-state index in [1.54, 1.807) is 0 Å². The van der Waals surface area contributed by atoms with E-state index in [4.69, 9.17) is 10.9 Å². The van der Waals surface area contributed by atoms with Gasteiger partial charge in [-0.25, -0.2) is 11.1 Å². The van der Waals surface area contributed by atoms with Gasteiger partial charge in [-0.3, -0.25) is 5.14 Å². The van der Waals surface area contributed by atoms with Crippen molar-refractivity contribution in [1.29, 1.82) is 0 Å². The summed E-state index contributed by atoms with van der Waals surface area (Å²) in [6.07, 6.45) is 1.11. The Morgan fingerprint density at radius 1 is 1.18 bits per heavy atom. The Hall–Kier alpha value is 0.270. The molecule has 1 aliphatic rings. The van der Waals surface area contributed by atoms with Crippen molar-refractivity contribution in [3.05, 3.63) is 0 Å². The molecule has 2 nitrogen and oxygen atoms in total. The lowest BCUT2D eigenvalue weighted by molar-refractivity contribution is 0.282. The van der Waals surface area contributed by atoms with E-state index in [2.05, 4.69) is 20.8 Å². The minimum Gasteiger partial charge on any atom is -0.325 e. The van der Waals surface area contributed by atoms with Crippen LogP contribution in [0.3, 0.4) is 0 Å². The molecule has 0 bridgehead atoms. The standard InChI is InChI=1S/C8H20N2S/c1-7(2)4-8(3,9)6-11(10)5-7/h11H,4-6,9-10H2,1-3H3. The fraction of sp³-hybridized carbons (Fsp3) is 1.00. The molecule has 2 atom stereocenters. The van der Waals surface area contributed by atoms with Crippen molar-refractivity contribution in [3.8, 4) is 0 Å². The molecule has 0 amide bonds. The molecule has 0 aromatic rings. The van der Waals surface area contributed by atoms with Crippen molar-refractivity contribution in [1.82, 2.24) is 0 Å². The molecule has 3 heteroatoms. The Bertz CT molecular complexity index is 138. The van der Waals surface area contributed by atoms with Crippen molar-refractivity contribution in [3.63, 3.8) is 0 Å². The summed E-state index contributed by atoms with van der Waals surface area (Å²) in [7, 11) is 0. The topological polar surface area (TPSA) is 52.0 Å². The fourth-order valence-electron chi connectivity index (χ4n) is 2.27. The highest BCUT2D eigenvalue weighted by Gasteiger charge is 2.36. The van der Waals surface area contributed by atoms with E-state index < -0.39 is 0 Å². The van der Waals surface area contributed by atoms with Crippen LogP contribution in [0.5, 0.6) is 0 Å². The molecular weight excluding hydrogens is 156 g/mol. The van der Waals surface area contributed by atoms with E-state index >= 15 is 0 Å². The van der Waals surface area contributed by atoms with Crippen molar-refractivity contribution >= 4 is 11.1 Å². The summed E-state index contributed by atoms with van der Waals surface area (Å²) in [5.74, 6) is 2.21. The third-order valence-electron chi connectivity index (χ3n) is 2.08. The maximum Gasteiger partial charge on any atom is 0.0216 e. The number of rotatable bonds is 0. The Morgan fingerprint density at radius 3 is 2.09 bits per heavy atom. The van der Waals surface area contributed by atoms with Crippen molar-refractivity contribution in [2.75, 3.05) is 11.5 Å². The minimum atomic E-state index is -0.293. The molecule has 0 saturated carbocycles. The van der Waals surface area contributed by atoms with Crippen LogP contribution in [0.1, 0.15) is 27.2 Å². The summed E-state index contributed by atoms with van der Waals surface area (Å²) in [5, 5.41) is 5.97. The highest BCUT2D eigenvalue weighted by atomic mass is 32.2. The molecule has 1 rings (SSSR count). The van der Waals surface area contributed by atoms with Gasteiger partial charge >= 0.3 is 0 Å². The normalized spacial score (nSPS) is 47.2. The quantitative estimate of drug-likeness (QED) is 0.482. The zero-order chi connectivity index (χ0) is 8.70. The lowest BCUT2D eigenvalue weighted by Crippen LogP contribution is -2.50. The predicted molar refractivity (Wildman–Crippen MR) is 53.9 cm³/mol. The summed E-state index contributed by atoms with van der Waals surface area (Å²) in [6.45, 7) is 6.65. The Kier molecular flexibility index (Phi) is 2.25. The molecule has 0 aromatic heterocycles. The summed E-state index contributed by atoms with van der Waals surface area (Å²) < 4.78 is 0. The molecule has 68 valence electrons. The first-order chi connectivity index (χ1) is 4.81. The maximum atomic E-state index is 6.08. The average Bonchev–Trinajstić information content (AvgIpc) is 1.49. The number of nitrogens with two attached hydrogens (primary N) is 2. The molecule has 11 heavy (non-hydrogen) atoms. The molecular formula is C8H20N2S. The second kappa shape index (κ2) is 2.64. The van der Waals surface area contributed by atoms with Gasteiger partial charge in [0.2, 0.25) is 0 Å². The maximum absolute atomic E-state index is 6.08. The van der Waals surface area contributed by atoms with Gasteiger partial charge in [-0.1, -0.05) is 13.8 Å². The zero-order valence-electron chi connectivity index (χ0n) is 7.72. The Morgan fingerprint density at radius 2 is 1.73 bits per heavy atom. The van der Waals surface area contributed by atoms with Gasteiger partial charge in [-0.05, 0) is 24.5 Å².